The molecule has 2 atom stereocenters. The third-order valence-corrected chi connectivity index (χ3v) is 3.28. The van der Waals surface area contributed by atoms with Crippen LogP contribution in [0.15, 0.2) is 24.3 Å². The zero-order chi connectivity index (χ0) is 12.2. The van der Waals surface area contributed by atoms with E-state index in [2.05, 4.69) is 0 Å². The van der Waals surface area contributed by atoms with E-state index in [0.717, 1.165) is 0 Å². The number of hydrogen-bond acceptors (Lipinski definition) is 3. The number of amides is 3. The average molecular weight is 230 g/mol. The standard InChI is InChI=1S/C12H10N2O3/c13-10(15)6-1-3-7(4-2-6)14-11(16)8-5-9(8)12(14)17/h1-4,8-9H,5H2,(H2,13,15). The molecule has 5 heteroatoms. The molecule has 2 fully saturated rings. The molecule has 2 aliphatic rings. The van der Waals surface area contributed by atoms with Crippen molar-refractivity contribution in [3.8, 4) is 0 Å². The van der Waals surface area contributed by atoms with Crippen molar-refractivity contribution < 1.29 is 14.4 Å². The number of carbonyl (C=O) groups excluding carboxylic acids is 3. The van der Waals surface area contributed by atoms with Crippen LogP contribution >= 0.6 is 0 Å². The Balaban J connectivity index is 1.92. The first-order valence-corrected chi connectivity index (χ1v) is 5.37. The highest BCUT2D eigenvalue weighted by atomic mass is 16.2. The monoisotopic (exact) mass is 230 g/mol. The lowest BCUT2D eigenvalue weighted by atomic mass is 10.2. The van der Waals surface area contributed by atoms with Gasteiger partial charge in [-0.3, -0.25) is 19.3 Å². The minimum atomic E-state index is -0.529. The molecule has 5 nitrogen and oxygen atoms in total. The third-order valence-electron chi connectivity index (χ3n) is 3.28. The molecule has 3 amide bonds. The van der Waals surface area contributed by atoms with Gasteiger partial charge in [0.2, 0.25) is 17.7 Å². The number of fused-ring (bicyclic) bond motifs is 1. The van der Waals surface area contributed by atoms with E-state index in [1.54, 1.807) is 12.1 Å². The molecule has 3 rings (SSSR count). The fraction of sp³-hybridized carbons (Fsp3) is 0.250. The van der Waals surface area contributed by atoms with Gasteiger partial charge in [-0.15, -0.1) is 0 Å². The molecule has 1 aliphatic heterocycles. The number of nitrogens with zero attached hydrogens (tertiary/aromatic N) is 1. The molecule has 1 saturated carbocycles. The normalized spacial score (nSPS) is 26.0. The Kier molecular flexibility index (Phi) is 1.86. The summed E-state index contributed by atoms with van der Waals surface area (Å²) in [4.78, 5) is 35.7. The number of primary amides is 1. The number of imide groups is 1. The summed E-state index contributed by atoms with van der Waals surface area (Å²) in [5, 5.41) is 0. The minimum Gasteiger partial charge on any atom is -0.366 e. The summed E-state index contributed by atoms with van der Waals surface area (Å²) in [7, 11) is 0. The molecule has 1 aromatic rings. The Morgan fingerprint density at radius 2 is 1.65 bits per heavy atom. The van der Waals surface area contributed by atoms with Crippen LogP contribution in [0.25, 0.3) is 0 Å². The van der Waals surface area contributed by atoms with E-state index in [0.29, 0.717) is 17.7 Å². The zero-order valence-corrected chi connectivity index (χ0v) is 8.92. The molecule has 1 aliphatic carbocycles. The summed E-state index contributed by atoms with van der Waals surface area (Å²) < 4.78 is 0. The van der Waals surface area contributed by atoms with Crippen molar-refractivity contribution in [3.63, 3.8) is 0 Å². The summed E-state index contributed by atoms with van der Waals surface area (Å²) in [6.07, 6.45) is 0.688. The number of hydrogen-bond donors (Lipinski definition) is 1. The highest BCUT2D eigenvalue weighted by Crippen LogP contribution is 2.48. The maximum atomic E-state index is 11.8. The maximum Gasteiger partial charge on any atom is 0.248 e. The van der Waals surface area contributed by atoms with Gasteiger partial charge in [0.25, 0.3) is 0 Å². The van der Waals surface area contributed by atoms with Crippen LogP contribution in [0, 0.1) is 11.8 Å². The number of nitrogens with two attached hydrogens (primary N) is 1. The number of piperidine rings is 1. The van der Waals surface area contributed by atoms with Gasteiger partial charge in [0.1, 0.15) is 0 Å². The van der Waals surface area contributed by atoms with E-state index in [1.807, 2.05) is 0 Å². The summed E-state index contributed by atoms with van der Waals surface area (Å²) >= 11 is 0. The topological polar surface area (TPSA) is 80.5 Å². The summed E-state index contributed by atoms with van der Waals surface area (Å²) in [6, 6.07) is 6.17. The lowest BCUT2D eigenvalue weighted by molar-refractivity contribution is -0.123. The van der Waals surface area contributed by atoms with Crippen molar-refractivity contribution in [1.29, 1.82) is 0 Å². The van der Waals surface area contributed by atoms with Gasteiger partial charge in [-0.2, -0.15) is 0 Å². The zero-order valence-electron chi connectivity index (χ0n) is 8.92. The van der Waals surface area contributed by atoms with Crippen LogP contribution in [0.4, 0.5) is 5.69 Å². The van der Waals surface area contributed by atoms with Crippen LogP contribution < -0.4 is 10.6 Å². The van der Waals surface area contributed by atoms with Crippen LogP contribution in [-0.4, -0.2) is 17.7 Å². The fourth-order valence-electron chi connectivity index (χ4n) is 2.21. The summed E-state index contributed by atoms with van der Waals surface area (Å²) in [5.74, 6) is -1.02. The van der Waals surface area contributed by atoms with Gasteiger partial charge in [-0.1, -0.05) is 0 Å². The first-order valence-electron chi connectivity index (χ1n) is 5.37. The Morgan fingerprint density at radius 1 is 1.12 bits per heavy atom. The fourth-order valence-corrected chi connectivity index (χ4v) is 2.21. The molecule has 0 bridgehead atoms. The van der Waals surface area contributed by atoms with Crippen LogP contribution in [0.1, 0.15) is 16.8 Å². The predicted octanol–water partition coefficient (Wildman–Crippen LogP) is 0.295. The Bertz CT molecular complexity index is 515. The number of anilines is 1. The van der Waals surface area contributed by atoms with Crippen LogP contribution in [0.3, 0.4) is 0 Å². The van der Waals surface area contributed by atoms with E-state index >= 15 is 0 Å². The molecule has 86 valence electrons. The van der Waals surface area contributed by atoms with Gasteiger partial charge in [0.15, 0.2) is 0 Å². The molecule has 1 heterocycles. The molecule has 17 heavy (non-hydrogen) atoms. The number of carbonyl (C=O) groups is 3. The van der Waals surface area contributed by atoms with E-state index in [4.69, 9.17) is 5.73 Å². The van der Waals surface area contributed by atoms with Crippen molar-refractivity contribution in [3.05, 3.63) is 29.8 Å². The van der Waals surface area contributed by atoms with E-state index in [-0.39, 0.29) is 23.7 Å². The number of benzene rings is 1. The smallest absolute Gasteiger partial charge is 0.248 e. The predicted molar refractivity (Wildman–Crippen MR) is 59.0 cm³/mol. The molecule has 1 aromatic carbocycles. The maximum absolute atomic E-state index is 11.8. The second-order valence-electron chi connectivity index (χ2n) is 4.37. The van der Waals surface area contributed by atoms with Gasteiger partial charge in [-0.05, 0) is 30.7 Å². The largest absolute Gasteiger partial charge is 0.366 e. The number of rotatable bonds is 2. The van der Waals surface area contributed by atoms with Gasteiger partial charge in [0.05, 0.1) is 17.5 Å². The van der Waals surface area contributed by atoms with Gasteiger partial charge < -0.3 is 5.73 Å². The average Bonchev–Trinajstić information content (AvgIpc) is 3.05. The van der Waals surface area contributed by atoms with Gasteiger partial charge in [0, 0.05) is 5.56 Å². The van der Waals surface area contributed by atoms with Crippen molar-refractivity contribution in [2.24, 2.45) is 17.6 Å². The Labute approximate surface area is 97.2 Å². The van der Waals surface area contributed by atoms with Gasteiger partial charge >= 0.3 is 0 Å². The molecule has 0 aromatic heterocycles. The van der Waals surface area contributed by atoms with Crippen molar-refractivity contribution in [2.45, 2.75) is 6.42 Å². The molecule has 0 spiro atoms. The van der Waals surface area contributed by atoms with E-state index in [1.165, 1.54) is 17.0 Å². The highest BCUT2D eigenvalue weighted by Gasteiger charge is 2.59. The molecule has 2 N–H and O–H groups in total. The highest BCUT2D eigenvalue weighted by molar-refractivity contribution is 6.24. The first kappa shape index (κ1) is 10.0. The SMILES string of the molecule is NC(=O)c1ccc(N2C(=O)C3CC3C2=O)cc1. The quantitative estimate of drug-likeness (QED) is 0.742. The molecular formula is C12H10N2O3. The van der Waals surface area contributed by atoms with Crippen LogP contribution in [0.5, 0.6) is 0 Å². The first-order chi connectivity index (χ1) is 8.09. The Hall–Kier alpha value is -2.17. The Morgan fingerprint density at radius 3 is 2.12 bits per heavy atom. The van der Waals surface area contributed by atoms with Crippen molar-refractivity contribution in [1.82, 2.24) is 0 Å². The molecule has 2 unspecified atom stereocenters. The van der Waals surface area contributed by atoms with Crippen LogP contribution in [-0.2, 0) is 9.59 Å². The van der Waals surface area contributed by atoms with E-state index in [9.17, 15) is 14.4 Å². The lowest BCUT2D eigenvalue weighted by Gasteiger charge is -2.16. The lowest BCUT2D eigenvalue weighted by Crippen LogP contribution is -2.32. The molecular weight excluding hydrogens is 220 g/mol. The van der Waals surface area contributed by atoms with Crippen molar-refractivity contribution in [2.75, 3.05) is 4.90 Å². The van der Waals surface area contributed by atoms with E-state index < -0.39 is 5.91 Å². The summed E-state index contributed by atoms with van der Waals surface area (Å²) in [6.45, 7) is 0. The van der Waals surface area contributed by atoms with Crippen LogP contribution in [0.2, 0.25) is 0 Å². The molecule has 0 radical (unpaired) electrons. The summed E-state index contributed by atoms with van der Waals surface area (Å²) in [5.41, 5.74) is 5.99. The second-order valence-corrected chi connectivity index (χ2v) is 4.37. The minimum absolute atomic E-state index is 0.113. The third kappa shape index (κ3) is 1.35. The van der Waals surface area contributed by atoms with Gasteiger partial charge in [-0.25, -0.2) is 0 Å². The second kappa shape index (κ2) is 3.16. The van der Waals surface area contributed by atoms with Crippen molar-refractivity contribution >= 4 is 23.4 Å². The molecule has 1 saturated heterocycles.